The number of nitrogens with one attached hydrogen (secondary N) is 2. The molecule has 8 nitrogen and oxygen atoms in total. The van der Waals surface area contributed by atoms with Crippen LogP contribution in [0.1, 0.15) is 13.8 Å². The number of hydrogen-bond donors (Lipinski definition) is 4. The molecule has 0 aliphatic rings. The van der Waals surface area contributed by atoms with Gasteiger partial charge in [-0.3, -0.25) is 4.72 Å². The Kier molecular flexibility index (Phi) is 5.59. The number of benzene rings is 1. The fourth-order valence-electron chi connectivity index (χ4n) is 1.30. The Morgan fingerprint density at radius 3 is 2.50 bits per heavy atom. The van der Waals surface area contributed by atoms with Crippen molar-refractivity contribution in [2.75, 3.05) is 11.3 Å². The summed E-state index contributed by atoms with van der Waals surface area (Å²) in [7, 11) is -3.59. The van der Waals surface area contributed by atoms with E-state index in [0.717, 1.165) is 0 Å². The van der Waals surface area contributed by atoms with Crippen molar-refractivity contribution >= 4 is 21.7 Å². The van der Waals surface area contributed by atoms with Gasteiger partial charge in [-0.1, -0.05) is 5.16 Å². The molecule has 0 heterocycles. The smallest absolute Gasteiger partial charge is 0.299 e. The molecule has 0 amide bonds. The van der Waals surface area contributed by atoms with Crippen molar-refractivity contribution in [3.8, 4) is 5.75 Å². The molecule has 0 aromatic heterocycles. The van der Waals surface area contributed by atoms with Gasteiger partial charge < -0.3 is 15.7 Å². The van der Waals surface area contributed by atoms with Gasteiger partial charge in [-0.2, -0.15) is 13.1 Å². The van der Waals surface area contributed by atoms with Gasteiger partial charge in [0.15, 0.2) is 5.84 Å². The van der Waals surface area contributed by atoms with Crippen LogP contribution in [0.15, 0.2) is 29.4 Å². The summed E-state index contributed by atoms with van der Waals surface area (Å²) in [5.74, 6) is 0.410. The van der Waals surface area contributed by atoms with E-state index in [0.29, 0.717) is 11.4 Å². The van der Waals surface area contributed by atoms with Crippen molar-refractivity contribution in [2.24, 2.45) is 10.9 Å². The molecule has 0 fully saturated rings. The highest BCUT2D eigenvalue weighted by Gasteiger charge is 2.11. The zero-order chi connectivity index (χ0) is 15.2. The van der Waals surface area contributed by atoms with Crippen molar-refractivity contribution < 1.29 is 18.4 Å². The van der Waals surface area contributed by atoms with E-state index in [4.69, 9.17) is 15.7 Å². The van der Waals surface area contributed by atoms with Crippen molar-refractivity contribution in [1.82, 2.24) is 4.72 Å². The molecule has 0 bridgehead atoms. The van der Waals surface area contributed by atoms with Crippen molar-refractivity contribution in [3.05, 3.63) is 24.3 Å². The molecule has 112 valence electrons. The normalized spacial score (nSPS) is 12.4. The van der Waals surface area contributed by atoms with Crippen LogP contribution in [0, 0.1) is 0 Å². The molecular formula is C11H18N4O4S. The zero-order valence-electron chi connectivity index (χ0n) is 11.2. The Bertz CT molecular complexity index is 554. The van der Waals surface area contributed by atoms with Gasteiger partial charge in [0.1, 0.15) is 12.4 Å². The second kappa shape index (κ2) is 6.96. The Morgan fingerprint density at radius 2 is 2.00 bits per heavy atom. The molecule has 0 aliphatic carbocycles. The molecule has 0 saturated heterocycles. The first kappa shape index (κ1) is 16.1. The van der Waals surface area contributed by atoms with Crippen LogP contribution in [0.3, 0.4) is 0 Å². The minimum Gasteiger partial charge on any atom is -0.486 e. The van der Waals surface area contributed by atoms with Gasteiger partial charge >= 0.3 is 0 Å². The number of anilines is 1. The SMILES string of the molecule is CC(C)NS(=O)(=O)Nc1ccc(OC/C(N)=N/O)cc1. The molecule has 1 rings (SSSR count). The van der Waals surface area contributed by atoms with E-state index in [-0.39, 0.29) is 18.5 Å². The number of nitrogens with zero attached hydrogens (tertiary/aromatic N) is 1. The van der Waals surface area contributed by atoms with E-state index in [1.807, 2.05) is 0 Å². The summed E-state index contributed by atoms with van der Waals surface area (Å²) in [6.45, 7) is 3.39. The van der Waals surface area contributed by atoms with Gasteiger partial charge in [0, 0.05) is 6.04 Å². The molecule has 0 radical (unpaired) electrons. The van der Waals surface area contributed by atoms with Crippen LogP contribution in [0.2, 0.25) is 0 Å². The first-order chi connectivity index (χ1) is 9.32. The van der Waals surface area contributed by atoms with Crippen molar-refractivity contribution in [2.45, 2.75) is 19.9 Å². The largest absolute Gasteiger partial charge is 0.486 e. The highest BCUT2D eigenvalue weighted by atomic mass is 32.2. The van der Waals surface area contributed by atoms with Crippen molar-refractivity contribution in [3.63, 3.8) is 0 Å². The Labute approximate surface area is 117 Å². The minimum absolute atomic E-state index is 0.0590. The van der Waals surface area contributed by atoms with Crippen LogP contribution in [-0.2, 0) is 10.2 Å². The number of oxime groups is 1. The standard InChI is InChI=1S/C11H18N4O4S/c1-8(2)14-20(17,18)15-9-3-5-10(6-4-9)19-7-11(12)13-16/h3-6,8,14-16H,7H2,1-2H3,(H2,12,13). The van der Waals surface area contributed by atoms with E-state index >= 15 is 0 Å². The fourth-order valence-corrected chi connectivity index (χ4v) is 2.43. The van der Waals surface area contributed by atoms with Gasteiger partial charge in [0.25, 0.3) is 10.2 Å². The van der Waals surface area contributed by atoms with Crippen LogP contribution in [-0.4, -0.2) is 32.1 Å². The average molecular weight is 302 g/mol. The monoisotopic (exact) mass is 302 g/mol. The fraction of sp³-hybridized carbons (Fsp3) is 0.364. The maximum absolute atomic E-state index is 11.6. The number of nitrogens with two attached hydrogens (primary N) is 1. The molecule has 1 aromatic rings. The first-order valence-corrected chi connectivity index (χ1v) is 7.30. The lowest BCUT2D eigenvalue weighted by Crippen LogP contribution is -2.35. The molecule has 5 N–H and O–H groups in total. The number of amidine groups is 1. The van der Waals surface area contributed by atoms with Crippen LogP contribution in [0.5, 0.6) is 5.75 Å². The molecule has 0 unspecified atom stereocenters. The number of hydrogen-bond acceptors (Lipinski definition) is 5. The molecule has 1 aromatic carbocycles. The summed E-state index contributed by atoms with van der Waals surface area (Å²) in [4.78, 5) is 0. The van der Waals surface area contributed by atoms with Gasteiger partial charge in [-0.15, -0.1) is 0 Å². The molecule has 0 atom stereocenters. The lowest BCUT2D eigenvalue weighted by atomic mass is 10.3. The van der Waals surface area contributed by atoms with E-state index < -0.39 is 10.2 Å². The molecule has 0 aliphatic heterocycles. The molecule has 0 spiro atoms. The average Bonchev–Trinajstić information content (AvgIpc) is 2.35. The second-order valence-electron chi connectivity index (χ2n) is 4.28. The van der Waals surface area contributed by atoms with Crippen LogP contribution < -0.4 is 19.9 Å². The Hall–Kier alpha value is -2.00. The highest BCUT2D eigenvalue weighted by molar-refractivity contribution is 7.90. The quantitative estimate of drug-likeness (QED) is 0.252. The van der Waals surface area contributed by atoms with Gasteiger partial charge in [0.2, 0.25) is 0 Å². The summed E-state index contributed by atoms with van der Waals surface area (Å²) in [5.41, 5.74) is 5.65. The van der Waals surface area contributed by atoms with E-state index in [1.165, 1.54) is 0 Å². The number of rotatable bonds is 7. The third-order valence-electron chi connectivity index (χ3n) is 2.01. The van der Waals surface area contributed by atoms with E-state index in [1.54, 1.807) is 38.1 Å². The van der Waals surface area contributed by atoms with E-state index in [2.05, 4.69) is 14.6 Å². The van der Waals surface area contributed by atoms with E-state index in [9.17, 15) is 8.42 Å². The van der Waals surface area contributed by atoms with Gasteiger partial charge in [0.05, 0.1) is 5.69 Å². The van der Waals surface area contributed by atoms with Crippen LogP contribution in [0.4, 0.5) is 5.69 Å². The predicted octanol–water partition coefficient (Wildman–Crippen LogP) is 0.467. The predicted molar refractivity (Wildman–Crippen MR) is 76.2 cm³/mol. The summed E-state index contributed by atoms with van der Waals surface area (Å²) in [5, 5.41) is 11.1. The summed E-state index contributed by atoms with van der Waals surface area (Å²) < 4.78 is 33.2. The molecule has 9 heteroatoms. The third kappa shape index (κ3) is 5.76. The summed E-state index contributed by atoms with van der Waals surface area (Å²) in [6.07, 6.45) is 0. The first-order valence-electron chi connectivity index (χ1n) is 5.81. The molecular weight excluding hydrogens is 284 g/mol. The lowest BCUT2D eigenvalue weighted by molar-refractivity contribution is 0.306. The van der Waals surface area contributed by atoms with Gasteiger partial charge in [-0.25, -0.2) is 0 Å². The van der Waals surface area contributed by atoms with Crippen molar-refractivity contribution in [1.29, 1.82) is 0 Å². The molecule has 20 heavy (non-hydrogen) atoms. The maximum atomic E-state index is 11.6. The topological polar surface area (TPSA) is 126 Å². The molecule has 0 saturated carbocycles. The van der Waals surface area contributed by atoms with Gasteiger partial charge in [-0.05, 0) is 38.1 Å². The Balaban J connectivity index is 2.63. The maximum Gasteiger partial charge on any atom is 0.299 e. The summed E-state index contributed by atoms with van der Waals surface area (Å²) in [6, 6.07) is 6.02. The van der Waals surface area contributed by atoms with Crippen LogP contribution >= 0.6 is 0 Å². The lowest BCUT2D eigenvalue weighted by Gasteiger charge is -2.12. The van der Waals surface area contributed by atoms with Crippen LogP contribution in [0.25, 0.3) is 0 Å². The highest BCUT2D eigenvalue weighted by Crippen LogP contribution is 2.16. The second-order valence-corrected chi connectivity index (χ2v) is 5.73. The summed E-state index contributed by atoms with van der Waals surface area (Å²) >= 11 is 0. The third-order valence-corrected chi connectivity index (χ3v) is 3.30. The number of ether oxygens (including phenoxy) is 1. The zero-order valence-corrected chi connectivity index (χ0v) is 12.0. The Morgan fingerprint density at radius 1 is 1.40 bits per heavy atom. The minimum atomic E-state index is -3.59.